The van der Waals surface area contributed by atoms with Crippen LogP contribution < -0.4 is 4.90 Å². The Balaban J connectivity index is 1.23. The zero-order valence-corrected chi connectivity index (χ0v) is 15.5. The van der Waals surface area contributed by atoms with Crippen LogP contribution in [0.2, 0.25) is 0 Å². The van der Waals surface area contributed by atoms with Crippen molar-refractivity contribution in [2.24, 2.45) is 0 Å². The Kier molecular flexibility index (Phi) is 5.35. The van der Waals surface area contributed by atoms with Gasteiger partial charge in [-0.25, -0.2) is 4.39 Å². The fourth-order valence-electron chi connectivity index (χ4n) is 4.01. The Morgan fingerprint density at radius 2 is 1.74 bits per heavy atom. The molecule has 0 aromatic heterocycles. The normalized spacial score (nSPS) is 17.1. The highest BCUT2D eigenvalue weighted by molar-refractivity contribution is 6.01. The van der Waals surface area contributed by atoms with Gasteiger partial charge in [0.05, 0.1) is 6.42 Å². The van der Waals surface area contributed by atoms with Gasteiger partial charge in [0.2, 0.25) is 5.91 Å². The van der Waals surface area contributed by atoms with Crippen LogP contribution in [0, 0.1) is 5.82 Å². The Morgan fingerprint density at radius 1 is 0.963 bits per heavy atom. The van der Waals surface area contributed by atoms with Gasteiger partial charge in [-0.05, 0) is 60.7 Å². The van der Waals surface area contributed by atoms with Crippen LogP contribution in [-0.4, -0.2) is 37.0 Å². The molecule has 0 unspecified atom stereocenters. The molecule has 0 atom stereocenters. The molecule has 0 N–H and O–H groups in total. The number of rotatable bonds is 6. The van der Waals surface area contributed by atoms with Crippen molar-refractivity contribution in [3.63, 3.8) is 0 Å². The monoisotopic (exact) mass is 364 g/mol. The average molecular weight is 364 g/mol. The first-order valence-electron chi connectivity index (χ1n) is 9.76. The van der Waals surface area contributed by atoms with Crippen molar-refractivity contribution < 1.29 is 9.18 Å². The molecule has 140 valence electrons. The van der Waals surface area contributed by atoms with E-state index in [1.165, 1.54) is 17.7 Å². The Morgan fingerprint density at radius 3 is 2.52 bits per heavy atom. The van der Waals surface area contributed by atoms with E-state index in [0.717, 1.165) is 62.3 Å². The molecule has 2 aliphatic heterocycles. The van der Waals surface area contributed by atoms with Crippen molar-refractivity contribution >= 4 is 17.2 Å². The van der Waals surface area contributed by atoms with Crippen molar-refractivity contribution in [1.82, 2.24) is 4.90 Å². The second-order valence-electron chi connectivity index (χ2n) is 7.34. The van der Waals surface area contributed by atoms with Crippen molar-refractivity contribution in [3.05, 3.63) is 71.6 Å². The van der Waals surface area contributed by atoms with Crippen LogP contribution in [0.3, 0.4) is 0 Å². The molecule has 27 heavy (non-hydrogen) atoms. The Labute approximate surface area is 160 Å². The van der Waals surface area contributed by atoms with Gasteiger partial charge < -0.3 is 4.90 Å². The van der Waals surface area contributed by atoms with Crippen molar-refractivity contribution in [3.8, 4) is 0 Å². The molecule has 2 aromatic carbocycles. The third-order valence-corrected chi connectivity index (χ3v) is 5.54. The molecular weight excluding hydrogens is 339 g/mol. The average Bonchev–Trinajstić information content (AvgIpc) is 3.02. The minimum absolute atomic E-state index is 0.184. The van der Waals surface area contributed by atoms with Gasteiger partial charge in [-0.1, -0.05) is 36.4 Å². The lowest BCUT2D eigenvalue weighted by atomic mass is 9.99. The fraction of sp³-hybridized carbons (Fsp3) is 0.348. The van der Waals surface area contributed by atoms with E-state index in [0.29, 0.717) is 6.42 Å². The second-order valence-corrected chi connectivity index (χ2v) is 7.34. The number of carbonyl (C=O) groups excluding carboxylic acids is 1. The molecule has 2 aromatic rings. The number of carbonyl (C=O) groups is 1. The molecule has 3 nitrogen and oxygen atoms in total. The van der Waals surface area contributed by atoms with E-state index in [9.17, 15) is 9.18 Å². The number of nitrogens with zero attached hydrogens (tertiary/aromatic N) is 2. The van der Waals surface area contributed by atoms with E-state index in [1.54, 1.807) is 0 Å². The van der Waals surface area contributed by atoms with E-state index in [2.05, 4.69) is 11.0 Å². The number of halogens is 1. The lowest BCUT2D eigenvalue weighted by Crippen LogP contribution is -2.31. The van der Waals surface area contributed by atoms with E-state index < -0.39 is 0 Å². The minimum atomic E-state index is -0.184. The van der Waals surface area contributed by atoms with E-state index in [-0.39, 0.29) is 11.7 Å². The summed E-state index contributed by atoms with van der Waals surface area (Å²) in [7, 11) is 0. The molecule has 0 fully saturated rings. The smallest absolute Gasteiger partial charge is 0.231 e. The zero-order valence-electron chi connectivity index (χ0n) is 15.5. The largest absolute Gasteiger partial charge is 0.312 e. The van der Waals surface area contributed by atoms with Crippen LogP contribution in [0.1, 0.15) is 30.4 Å². The minimum Gasteiger partial charge on any atom is -0.312 e. The predicted molar refractivity (Wildman–Crippen MR) is 107 cm³/mol. The summed E-state index contributed by atoms with van der Waals surface area (Å²) in [5.74, 6) is 0.0388. The molecule has 2 aliphatic rings. The van der Waals surface area contributed by atoms with Gasteiger partial charge in [0.15, 0.2) is 0 Å². The number of fused-ring (bicyclic) bond motifs is 1. The third kappa shape index (κ3) is 4.11. The summed E-state index contributed by atoms with van der Waals surface area (Å²) >= 11 is 0. The molecule has 0 saturated carbocycles. The van der Waals surface area contributed by atoms with Crippen LogP contribution in [0.4, 0.5) is 10.1 Å². The summed E-state index contributed by atoms with van der Waals surface area (Å²) in [6.45, 7) is 3.84. The lowest BCUT2D eigenvalue weighted by Gasteiger charge is -2.27. The van der Waals surface area contributed by atoms with Crippen LogP contribution in [-0.2, 0) is 11.2 Å². The molecule has 2 heterocycles. The van der Waals surface area contributed by atoms with Crippen LogP contribution in [0.5, 0.6) is 0 Å². The summed E-state index contributed by atoms with van der Waals surface area (Å²) < 4.78 is 13.1. The predicted octanol–water partition coefficient (Wildman–Crippen LogP) is 4.28. The number of hydrogen-bond donors (Lipinski definition) is 0. The highest BCUT2D eigenvalue weighted by atomic mass is 19.1. The summed E-state index contributed by atoms with van der Waals surface area (Å²) in [4.78, 5) is 16.6. The highest BCUT2D eigenvalue weighted by Crippen LogP contribution is 2.28. The molecule has 0 spiro atoms. The maximum Gasteiger partial charge on any atom is 0.231 e. The van der Waals surface area contributed by atoms with Gasteiger partial charge in [0.25, 0.3) is 0 Å². The summed E-state index contributed by atoms with van der Waals surface area (Å²) in [5, 5.41) is 0. The number of anilines is 1. The van der Waals surface area contributed by atoms with Gasteiger partial charge in [-0.2, -0.15) is 0 Å². The Bertz CT molecular complexity index is 844. The first-order valence-corrected chi connectivity index (χ1v) is 9.76. The quantitative estimate of drug-likeness (QED) is 0.714. The fourth-order valence-corrected chi connectivity index (χ4v) is 4.01. The molecular formula is C23H25FN2O. The summed E-state index contributed by atoms with van der Waals surface area (Å²) in [5.41, 5.74) is 4.68. The van der Waals surface area contributed by atoms with Crippen LogP contribution in [0.25, 0.3) is 5.57 Å². The Hall–Kier alpha value is -2.46. The molecule has 0 bridgehead atoms. The van der Waals surface area contributed by atoms with Crippen LogP contribution in [0.15, 0.2) is 54.6 Å². The maximum absolute atomic E-state index is 13.1. The van der Waals surface area contributed by atoms with Gasteiger partial charge in [-0.3, -0.25) is 9.69 Å². The molecule has 4 rings (SSSR count). The molecule has 1 amide bonds. The zero-order chi connectivity index (χ0) is 18.6. The maximum atomic E-state index is 13.1. The van der Waals surface area contributed by atoms with Crippen molar-refractivity contribution in [2.75, 3.05) is 31.1 Å². The van der Waals surface area contributed by atoms with Gasteiger partial charge in [-0.15, -0.1) is 0 Å². The topological polar surface area (TPSA) is 23.6 Å². The SMILES string of the molecule is O=C1Cc2ccccc2N1CCCCN1CC=C(c2ccc(F)cc2)CC1. The van der Waals surface area contributed by atoms with Gasteiger partial charge in [0.1, 0.15) is 5.82 Å². The number of amides is 1. The third-order valence-electron chi connectivity index (χ3n) is 5.54. The summed E-state index contributed by atoms with van der Waals surface area (Å²) in [6.07, 6.45) is 5.91. The molecule has 4 heteroatoms. The first kappa shape index (κ1) is 17.9. The van der Waals surface area contributed by atoms with Crippen molar-refractivity contribution in [2.45, 2.75) is 25.7 Å². The molecule has 0 radical (unpaired) electrons. The van der Waals surface area contributed by atoms with Crippen LogP contribution >= 0.6 is 0 Å². The van der Waals surface area contributed by atoms with E-state index in [4.69, 9.17) is 0 Å². The second kappa shape index (κ2) is 8.05. The lowest BCUT2D eigenvalue weighted by molar-refractivity contribution is -0.117. The van der Waals surface area contributed by atoms with Gasteiger partial charge >= 0.3 is 0 Å². The highest BCUT2D eigenvalue weighted by Gasteiger charge is 2.26. The standard InChI is InChI=1S/C23H25FN2O/c24-21-9-7-18(8-10-21)19-11-15-25(16-12-19)13-3-4-14-26-22-6-2-1-5-20(22)17-23(26)27/h1-2,5-11H,3-4,12-17H2. The van der Waals surface area contributed by atoms with Crippen molar-refractivity contribution in [1.29, 1.82) is 0 Å². The number of benzene rings is 2. The summed E-state index contributed by atoms with van der Waals surface area (Å²) in [6, 6.07) is 14.9. The number of para-hydroxylation sites is 1. The number of unbranched alkanes of at least 4 members (excludes halogenated alkanes) is 1. The number of hydrogen-bond acceptors (Lipinski definition) is 2. The first-order chi connectivity index (χ1) is 13.2. The molecule has 0 aliphatic carbocycles. The van der Waals surface area contributed by atoms with Gasteiger partial charge in [0, 0.05) is 25.3 Å². The van der Waals surface area contributed by atoms with E-state index >= 15 is 0 Å². The van der Waals surface area contributed by atoms with E-state index in [1.807, 2.05) is 41.3 Å². The molecule has 0 saturated heterocycles.